The Hall–Kier alpha value is -1.14. The SMILES string of the molecule is CC(C)CC(C(=O)O)N(C)C[C@@H]1CCCN1C(=O)[C@H](C)O. The molecule has 0 aromatic rings. The summed E-state index contributed by atoms with van der Waals surface area (Å²) >= 11 is 0. The van der Waals surface area contributed by atoms with Crippen LogP contribution >= 0.6 is 0 Å². The van der Waals surface area contributed by atoms with Crippen molar-refractivity contribution in [1.82, 2.24) is 9.80 Å². The van der Waals surface area contributed by atoms with E-state index in [1.165, 1.54) is 6.92 Å². The second-order valence-corrected chi connectivity index (χ2v) is 6.43. The fraction of sp³-hybridized carbons (Fsp3) is 0.867. The number of carboxylic acids is 1. The third-order valence-corrected chi connectivity index (χ3v) is 4.03. The Labute approximate surface area is 126 Å². The molecule has 3 atom stereocenters. The van der Waals surface area contributed by atoms with Crippen LogP contribution in [0.25, 0.3) is 0 Å². The van der Waals surface area contributed by atoms with Gasteiger partial charge in [0.15, 0.2) is 0 Å². The van der Waals surface area contributed by atoms with E-state index < -0.39 is 18.1 Å². The molecule has 6 nitrogen and oxygen atoms in total. The molecule has 0 saturated carbocycles. The molecule has 2 N–H and O–H groups in total. The van der Waals surface area contributed by atoms with Gasteiger partial charge in [0.2, 0.25) is 0 Å². The lowest BCUT2D eigenvalue weighted by Crippen LogP contribution is -2.49. The quantitative estimate of drug-likeness (QED) is 0.726. The predicted octanol–water partition coefficient (Wildman–Crippen LogP) is 0.789. The van der Waals surface area contributed by atoms with Gasteiger partial charge in [0.25, 0.3) is 5.91 Å². The van der Waals surface area contributed by atoms with Crippen LogP contribution in [0, 0.1) is 5.92 Å². The lowest BCUT2D eigenvalue weighted by atomic mass is 10.0. The van der Waals surface area contributed by atoms with Gasteiger partial charge in [-0.15, -0.1) is 0 Å². The molecular weight excluding hydrogens is 272 g/mol. The summed E-state index contributed by atoms with van der Waals surface area (Å²) in [6.07, 6.45) is 1.35. The maximum atomic E-state index is 12.0. The number of aliphatic hydroxyl groups excluding tert-OH is 1. The largest absolute Gasteiger partial charge is 0.480 e. The van der Waals surface area contributed by atoms with E-state index in [1.54, 1.807) is 11.9 Å². The van der Waals surface area contributed by atoms with Gasteiger partial charge in [-0.1, -0.05) is 13.8 Å². The number of likely N-dealkylation sites (tertiary alicyclic amines) is 1. The summed E-state index contributed by atoms with van der Waals surface area (Å²) in [5.41, 5.74) is 0. The van der Waals surface area contributed by atoms with Crippen LogP contribution in [-0.4, -0.2) is 70.2 Å². The minimum atomic E-state index is -0.998. The summed E-state index contributed by atoms with van der Waals surface area (Å²) in [6.45, 7) is 6.65. The number of amides is 1. The van der Waals surface area contributed by atoms with Crippen LogP contribution in [0.1, 0.15) is 40.0 Å². The summed E-state index contributed by atoms with van der Waals surface area (Å²) in [5.74, 6) is -0.786. The first-order valence-corrected chi connectivity index (χ1v) is 7.65. The Morgan fingerprint density at radius 1 is 1.33 bits per heavy atom. The molecule has 1 unspecified atom stereocenters. The molecule has 1 aliphatic heterocycles. The molecule has 0 aromatic carbocycles. The molecule has 122 valence electrons. The molecular formula is C15H28N2O4. The maximum Gasteiger partial charge on any atom is 0.320 e. The number of carbonyl (C=O) groups is 2. The lowest BCUT2D eigenvalue weighted by molar-refractivity contribution is -0.144. The van der Waals surface area contributed by atoms with Crippen molar-refractivity contribution in [3.05, 3.63) is 0 Å². The Morgan fingerprint density at radius 2 is 1.95 bits per heavy atom. The van der Waals surface area contributed by atoms with E-state index in [4.69, 9.17) is 0 Å². The predicted molar refractivity (Wildman–Crippen MR) is 79.9 cm³/mol. The van der Waals surface area contributed by atoms with Crippen molar-refractivity contribution < 1.29 is 19.8 Å². The molecule has 1 saturated heterocycles. The van der Waals surface area contributed by atoms with E-state index in [0.717, 1.165) is 12.8 Å². The molecule has 1 fully saturated rings. The second-order valence-electron chi connectivity index (χ2n) is 6.43. The number of aliphatic hydroxyl groups is 1. The fourth-order valence-electron chi connectivity index (χ4n) is 2.93. The molecule has 1 amide bonds. The molecule has 0 spiro atoms. The first-order chi connectivity index (χ1) is 9.73. The molecule has 6 heteroatoms. The number of carboxylic acid groups (broad SMARTS) is 1. The van der Waals surface area contributed by atoms with Crippen LogP contribution in [0.2, 0.25) is 0 Å². The van der Waals surface area contributed by atoms with Gasteiger partial charge in [0, 0.05) is 19.1 Å². The number of aliphatic carboxylic acids is 1. The van der Waals surface area contributed by atoms with E-state index in [-0.39, 0.29) is 11.9 Å². The van der Waals surface area contributed by atoms with Gasteiger partial charge in [0.1, 0.15) is 12.1 Å². The smallest absolute Gasteiger partial charge is 0.320 e. The Kier molecular flexibility index (Phi) is 6.61. The first-order valence-electron chi connectivity index (χ1n) is 7.65. The summed E-state index contributed by atoms with van der Waals surface area (Å²) in [4.78, 5) is 26.9. The minimum absolute atomic E-state index is 0.00823. The molecule has 0 radical (unpaired) electrons. The van der Waals surface area contributed by atoms with Crippen LogP contribution in [0.4, 0.5) is 0 Å². The molecule has 21 heavy (non-hydrogen) atoms. The highest BCUT2D eigenvalue weighted by atomic mass is 16.4. The van der Waals surface area contributed by atoms with Crippen molar-refractivity contribution in [2.75, 3.05) is 20.1 Å². The zero-order chi connectivity index (χ0) is 16.2. The van der Waals surface area contributed by atoms with E-state index in [1.807, 2.05) is 18.7 Å². The van der Waals surface area contributed by atoms with E-state index in [0.29, 0.717) is 25.4 Å². The number of nitrogens with zero attached hydrogens (tertiary/aromatic N) is 2. The van der Waals surface area contributed by atoms with Crippen molar-refractivity contribution in [3.8, 4) is 0 Å². The zero-order valence-electron chi connectivity index (χ0n) is 13.5. The zero-order valence-corrected chi connectivity index (χ0v) is 13.5. The number of hydrogen-bond acceptors (Lipinski definition) is 4. The van der Waals surface area contributed by atoms with E-state index in [2.05, 4.69) is 0 Å². The number of hydrogen-bond donors (Lipinski definition) is 2. The van der Waals surface area contributed by atoms with Gasteiger partial charge in [-0.25, -0.2) is 0 Å². The van der Waals surface area contributed by atoms with Gasteiger partial charge < -0.3 is 15.1 Å². The number of carbonyl (C=O) groups excluding carboxylic acids is 1. The van der Waals surface area contributed by atoms with Crippen molar-refractivity contribution >= 4 is 11.9 Å². The number of likely N-dealkylation sites (N-methyl/N-ethyl adjacent to an activating group) is 1. The van der Waals surface area contributed by atoms with E-state index >= 15 is 0 Å². The van der Waals surface area contributed by atoms with Crippen LogP contribution in [-0.2, 0) is 9.59 Å². The molecule has 1 heterocycles. The Balaban J connectivity index is 2.69. The molecule has 0 aliphatic carbocycles. The third kappa shape index (κ3) is 4.97. The topological polar surface area (TPSA) is 81.1 Å². The van der Waals surface area contributed by atoms with Gasteiger partial charge >= 0.3 is 5.97 Å². The normalized spacial score (nSPS) is 21.9. The highest BCUT2D eigenvalue weighted by molar-refractivity contribution is 5.80. The monoisotopic (exact) mass is 300 g/mol. The molecule has 0 bridgehead atoms. The van der Waals surface area contributed by atoms with Crippen LogP contribution in [0.5, 0.6) is 0 Å². The van der Waals surface area contributed by atoms with Crippen LogP contribution in [0.3, 0.4) is 0 Å². The summed E-state index contributed by atoms with van der Waals surface area (Å²) in [7, 11) is 1.80. The molecule has 0 aromatic heterocycles. The van der Waals surface area contributed by atoms with Crippen LogP contribution in [0.15, 0.2) is 0 Å². The fourth-order valence-corrected chi connectivity index (χ4v) is 2.93. The Bertz CT molecular complexity index is 371. The van der Waals surface area contributed by atoms with Gasteiger partial charge in [0.05, 0.1) is 0 Å². The van der Waals surface area contributed by atoms with Gasteiger partial charge in [-0.05, 0) is 39.2 Å². The lowest BCUT2D eigenvalue weighted by Gasteiger charge is -2.32. The van der Waals surface area contributed by atoms with Crippen LogP contribution < -0.4 is 0 Å². The maximum absolute atomic E-state index is 12.0. The highest BCUT2D eigenvalue weighted by Crippen LogP contribution is 2.21. The summed E-state index contributed by atoms with van der Waals surface area (Å²) in [6, 6.07) is -0.541. The Morgan fingerprint density at radius 3 is 2.43 bits per heavy atom. The first kappa shape index (κ1) is 17.9. The van der Waals surface area contributed by atoms with Crippen molar-refractivity contribution in [3.63, 3.8) is 0 Å². The molecule has 1 rings (SSSR count). The van der Waals surface area contributed by atoms with Crippen molar-refractivity contribution in [2.24, 2.45) is 5.92 Å². The standard InChI is InChI=1S/C15H28N2O4/c1-10(2)8-13(15(20)21)16(4)9-12-6-5-7-17(12)14(19)11(3)18/h10-13,18H,5-9H2,1-4H3,(H,20,21)/t11-,12-,13?/m0/s1. The highest BCUT2D eigenvalue weighted by Gasteiger charge is 2.33. The summed E-state index contributed by atoms with van der Waals surface area (Å²) in [5, 5.41) is 18.8. The molecule has 1 aliphatic rings. The average Bonchev–Trinajstić information content (AvgIpc) is 2.82. The third-order valence-electron chi connectivity index (χ3n) is 4.03. The minimum Gasteiger partial charge on any atom is -0.480 e. The second kappa shape index (κ2) is 7.75. The number of rotatable bonds is 7. The van der Waals surface area contributed by atoms with Gasteiger partial charge in [-0.2, -0.15) is 0 Å². The summed E-state index contributed by atoms with van der Waals surface area (Å²) < 4.78 is 0. The van der Waals surface area contributed by atoms with Crippen molar-refractivity contribution in [2.45, 2.75) is 58.2 Å². The van der Waals surface area contributed by atoms with Gasteiger partial charge in [-0.3, -0.25) is 14.5 Å². The average molecular weight is 300 g/mol. The van der Waals surface area contributed by atoms with Crippen molar-refractivity contribution in [1.29, 1.82) is 0 Å². The van der Waals surface area contributed by atoms with E-state index in [9.17, 15) is 19.8 Å².